The lowest BCUT2D eigenvalue weighted by atomic mass is 10.1. The van der Waals surface area contributed by atoms with E-state index in [0.29, 0.717) is 27.7 Å². The Balaban J connectivity index is 1.88. The van der Waals surface area contributed by atoms with Crippen LogP contribution in [0.15, 0.2) is 34.9 Å². The number of halogens is 2. The summed E-state index contributed by atoms with van der Waals surface area (Å²) in [5.41, 5.74) is 1.82. The number of hydrogen-bond acceptors (Lipinski definition) is 5. The van der Waals surface area contributed by atoms with Crippen molar-refractivity contribution in [3.05, 3.63) is 41.3 Å². The fourth-order valence-corrected chi connectivity index (χ4v) is 3.21. The molecule has 1 aromatic carbocycles. The second-order valence-electron chi connectivity index (χ2n) is 5.88. The minimum absolute atomic E-state index is 0.209. The molecule has 0 spiro atoms. The molecule has 5 nitrogen and oxygen atoms in total. The van der Waals surface area contributed by atoms with Gasteiger partial charge < -0.3 is 14.6 Å². The summed E-state index contributed by atoms with van der Waals surface area (Å²) < 4.78 is 20.2. The molecule has 3 aromatic rings. The maximum atomic E-state index is 14.2. The van der Waals surface area contributed by atoms with Gasteiger partial charge in [-0.3, -0.25) is 4.98 Å². The van der Waals surface area contributed by atoms with Crippen molar-refractivity contribution in [1.82, 2.24) is 15.3 Å². The highest BCUT2D eigenvalue weighted by molar-refractivity contribution is 6.31. The van der Waals surface area contributed by atoms with Gasteiger partial charge in [0.1, 0.15) is 17.0 Å². The number of hydrogen-bond donors (Lipinski definition) is 1. The van der Waals surface area contributed by atoms with Crippen LogP contribution in [-0.2, 0) is 0 Å². The van der Waals surface area contributed by atoms with E-state index in [9.17, 15) is 4.39 Å². The van der Waals surface area contributed by atoms with Crippen LogP contribution in [0.2, 0.25) is 5.02 Å². The Bertz CT molecular complexity index is 897. The summed E-state index contributed by atoms with van der Waals surface area (Å²) in [7, 11) is 0. The molecule has 1 N–H and O–H groups in total. The number of aromatic nitrogens is 2. The third-order valence-electron chi connectivity index (χ3n) is 4.20. The lowest BCUT2D eigenvalue weighted by molar-refractivity contribution is 0.456. The van der Waals surface area contributed by atoms with Crippen molar-refractivity contribution < 1.29 is 8.81 Å². The normalized spacial score (nSPS) is 18.3. The summed E-state index contributed by atoms with van der Waals surface area (Å²) in [6.45, 7) is 4.63. The van der Waals surface area contributed by atoms with Gasteiger partial charge in [-0.15, -0.1) is 0 Å². The van der Waals surface area contributed by atoms with Gasteiger partial charge in [-0.05, 0) is 31.2 Å². The topological polar surface area (TPSA) is 54.2 Å². The summed E-state index contributed by atoms with van der Waals surface area (Å²) in [5, 5.41) is 3.80. The van der Waals surface area contributed by atoms with Crippen LogP contribution in [0.25, 0.3) is 22.4 Å². The zero-order chi connectivity index (χ0) is 16.7. The summed E-state index contributed by atoms with van der Waals surface area (Å²) in [4.78, 5) is 10.8. The average Bonchev–Trinajstić information content (AvgIpc) is 2.98. The highest BCUT2D eigenvalue weighted by Crippen LogP contribution is 2.35. The SMILES string of the molecule is C[C@H]1CNCCN1c1nc2cc(Cl)cc(-c3ncccc3F)c2o1. The maximum Gasteiger partial charge on any atom is 0.298 e. The summed E-state index contributed by atoms with van der Waals surface area (Å²) in [6, 6.07) is 7.09. The van der Waals surface area contributed by atoms with E-state index < -0.39 is 5.82 Å². The molecule has 0 aliphatic carbocycles. The first-order chi connectivity index (χ1) is 11.6. The van der Waals surface area contributed by atoms with E-state index in [0.717, 1.165) is 19.6 Å². The van der Waals surface area contributed by atoms with Gasteiger partial charge in [-0.25, -0.2) is 4.39 Å². The van der Waals surface area contributed by atoms with E-state index >= 15 is 0 Å². The zero-order valence-electron chi connectivity index (χ0n) is 13.1. The molecule has 1 fully saturated rings. The lowest BCUT2D eigenvalue weighted by Crippen LogP contribution is -2.50. The van der Waals surface area contributed by atoms with E-state index in [2.05, 4.69) is 27.1 Å². The average molecular weight is 347 g/mol. The van der Waals surface area contributed by atoms with Crippen molar-refractivity contribution in [2.24, 2.45) is 0 Å². The van der Waals surface area contributed by atoms with Gasteiger partial charge in [0.25, 0.3) is 6.01 Å². The number of anilines is 1. The molecule has 1 aliphatic heterocycles. The Kier molecular flexibility index (Phi) is 3.86. The van der Waals surface area contributed by atoms with Crippen LogP contribution in [0, 0.1) is 5.82 Å². The third kappa shape index (κ3) is 2.61. The molecule has 1 saturated heterocycles. The van der Waals surface area contributed by atoms with Crippen molar-refractivity contribution in [2.45, 2.75) is 13.0 Å². The molecule has 1 aliphatic rings. The van der Waals surface area contributed by atoms with Crippen LogP contribution in [0.3, 0.4) is 0 Å². The number of nitrogens with one attached hydrogen (secondary N) is 1. The Hall–Kier alpha value is -2.18. The van der Waals surface area contributed by atoms with Gasteiger partial charge >= 0.3 is 0 Å². The monoisotopic (exact) mass is 346 g/mol. The minimum Gasteiger partial charge on any atom is -0.423 e. The van der Waals surface area contributed by atoms with Crippen molar-refractivity contribution in [1.29, 1.82) is 0 Å². The van der Waals surface area contributed by atoms with Crippen LogP contribution in [0.1, 0.15) is 6.92 Å². The number of pyridine rings is 1. The van der Waals surface area contributed by atoms with E-state index in [1.807, 2.05) is 0 Å². The van der Waals surface area contributed by atoms with Crippen LogP contribution < -0.4 is 10.2 Å². The second-order valence-corrected chi connectivity index (χ2v) is 6.31. The maximum absolute atomic E-state index is 14.2. The van der Waals surface area contributed by atoms with E-state index in [1.54, 1.807) is 24.4 Å². The van der Waals surface area contributed by atoms with Crippen LogP contribution in [-0.4, -0.2) is 35.6 Å². The standard InChI is InChI=1S/C17H16ClFN4O/c1-10-9-20-5-6-23(10)17-22-14-8-11(18)7-12(16(14)24-17)15-13(19)3-2-4-21-15/h2-4,7-8,10,20H,5-6,9H2,1H3/t10-/m0/s1. The third-order valence-corrected chi connectivity index (χ3v) is 4.42. The lowest BCUT2D eigenvalue weighted by Gasteiger charge is -2.32. The van der Waals surface area contributed by atoms with Gasteiger partial charge in [-0.2, -0.15) is 4.98 Å². The Morgan fingerprint density at radius 2 is 2.29 bits per heavy atom. The first-order valence-electron chi connectivity index (χ1n) is 7.82. The molecular weight excluding hydrogens is 331 g/mol. The van der Waals surface area contributed by atoms with Crippen molar-refractivity contribution >= 4 is 28.7 Å². The molecule has 0 saturated carbocycles. The number of rotatable bonds is 2. The van der Waals surface area contributed by atoms with Crippen molar-refractivity contribution in [3.63, 3.8) is 0 Å². The summed E-state index contributed by atoms with van der Waals surface area (Å²) in [5.74, 6) is -0.422. The van der Waals surface area contributed by atoms with Crippen molar-refractivity contribution in [2.75, 3.05) is 24.5 Å². The largest absolute Gasteiger partial charge is 0.423 e. The molecule has 0 unspecified atom stereocenters. The molecule has 0 bridgehead atoms. The molecule has 7 heteroatoms. The predicted molar refractivity (Wildman–Crippen MR) is 91.9 cm³/mol. The fourth-order valence-electron chi connectivity index (χ4n) is 2.99. The molecule has 4 rings (SSSR count). The first-order valence-corrected chi connectivity index (χ1v) is 8.19. The Labute approximate surface area is 143 Å². The number of piperazine rings is 1. The molecule has 0 radical (unpaired) electrons. The highest BCUT2D eigenvalue weighted by Gasteiger charge is 2.24. The van der Waals surface area contributed by atoms with Crippen molar-refractivity contribution in [3.8, 4) is 11.3 Å². The van der Waals surface area contributed by atoms with E-state index in [1.165, 1.54) is 6.07 Å². The predicted octanol–water partition coefficient (Wildman–Crippen LogP) is 3.48. The van der Waals surface area contributed by atoms with Crippen LogP contribution >= 0.6 is 11.6 Å². The van der Waals surface area contributed by atoms with Gasteiger partial charge in [0.2, 0.25) is 0 Å². The second kappa shape index (κ2) is 6.03. The fraction of sp³-hybridized carbons (Fsp3) is 0.294. The summed E-state index contributed by atoms with van der Waals surface area (Å²) >= 11 is 6.19. The zero-order valence-corrected chi connectivity index (χ0v) is 13.8. The Morgan fingerprint density at radius 1 is 1.42 bits per heavy atom. The van der Waals surface area contributed by atoms with Gasteiger partial charge in [0.05, 0.1) is 0 Å². The molecular formula is C17H16ClFN4O. The number of oxazole rings is 1. The Morgan fingerprint density at radius 3 is 3.08 bits per heavy atom. The smallest absolute Gasteiger partial charge is 0.298 e. The minimum atomic E-state index is -0.422. The molecule has 2 aromatic heterocycles. The van der Waals surface area contributed by atoms with E-state index in [-0.39, 0.29) is 11.7 Å². The first kappa shape index (κ1) is 15.4. The molecule has 1 atom stereocenters. The number of fused-ring (bicyclic) bond motifs is 1. The van der Waals surface area contributed by atoms with Gasteiger partial charge in [0.15, 0.2) is 5.58 Å². The van der Waals surface area contributed by atoms with Gasteiger partial charge in [-0.1, -0.05) is 11.6 Å². The van der Waals surface area contributed by atoms with Crippen LogP contribution in [0.5, 0.6) is 0 Å². The number of nitrogens with zero attached hydrogens (tertiary/aromatic N) is 3. The molecule has 24 heavy (non-hydrogen) atoms. The quantitative estimate of drug-likeness (QED) is 0.770. The van der Waals surface area contributed by atoms with E-state index in [4.69, 9.17) is 16.0 Å². The molecule has 124 valence electrons. The molecule has 3 heterocycles. The molecule has 0 amide bonds. The number of benzene rings is 1. The van der Waals surface area contributed by atoms with Gasteiger partial charge in [0, 0.05) is 42.5 Å². The summed E-state index contributed by atoms with van der Waals surface area (Å²) in [6.07, 6.45) is 1.54. The highest BCUT2D eigenvalue weighted by atomic mass is 35.5. The van der Waals surface area contributed by atoms with Crippen LogP contribution in [0.4, 0.5) is 10.4 Å².